The smallest absolute Gasteiger partial charge is 0.0867 e. The van der Waals surface area contributed by atoms with Crippen molar-refractivity contribution in [1.29, 1.82) is 0 Å². The zero-order chi connectivity index (χ0) is 10.0. The fourth-order valence-electron chi connectivity index (χ4n) is 2.87. The van der Waals surface area contributed by atoms with Crippen LogP contribution in [0, 0.1) is 11.8 Å². The first kappa shape index (κ1) is 9.97. The van der Waals surface area contributed by atoms with Gasteiger partial charge in [-0.25, -0.2) is 0 Å². The molecule has 1 heteroatoms. The summed E-state index contributed by atoms with van der Waals surface area (Å²) in [5.41, 5.74) is -0.614. The van der Waals surface area contributed by atoms with Crippen molar-refractivity contribution in [3.8, 4) is 0 Å². The molecule has 2 rings (SSSR count). The summed E-state index contributed by atoms with van der Waals surface area (Å²) in [7, 11) is 0. The lowest BCUT2D eigenvalue weighted by molar-refractivity contribution is 0.0291. The summed E-state index contributed by atoms with van der Waals surface area (Å²) in [6.07, 6.45) is 14.8. The van der Waals surface area contributed by atoms with Crippen molar-refractivity contribution in [2.24, 2.45) is 11.8 Å². The fourth-order valence-corrected chi connectivity index (χ4v) is 2.87. The van der Waals surface area contributed by atoms with E-state index in [1.807, 2.05) is 19.1 Å². The summed E-state index contributed by atoms with van der Waals surface area (Å²) in [6, 6.07) is 0. The highest BCUT2D eigenvalue weighted by Gasteiger charge is 2.35. The molecule has 0 aromatic heterocycles. The highest BCUT2D eigenvalue weighted by Crippen LogP contribution is 2.38. The SMILES string of the molecule is CC1(O)C=CC=CC1C1CCCCC1. The second-order valence-electron chi connectivity index (χ2n) is 4.89. The normalized spacial score (nSPS) is 38.9. The van der Waals surface area contributed by atoms with Crippen LogP contribution in [0.5, 0.6) is 0 Å². The van der Waals surface area contributed by atoms with Crippen LogP contribution in [0.2, 0.25) is 0 Å². The third kappa shape index (κ3) is 1.93. The van der Waals surface area contributed by atoms with E-state index in [0.29, 0.717) is 11.8 Å². The summed E-state index contributed by atoms with van der Waals surface area (Å²) in [5, 5.41) is 10.2. The monoisotopic (exact) mass is 192 g/mol. The molecule has 0 radical (unpaired) electrons. The summed E-state index contributed by atoms with van der Waals surface area (Å²) in [5.74, 6) is 1.03. The van der Waals surface area contributed by atoms with Crippen molar-refractivity contribution in [3.63, 3.8) is 0 Å². The molecular weight excluding hydrogens is 172 g/mol. The van der Waals surface area contributed by atoms with Gasteiger partial charge in [0.2, 0.25) is 0 Å². The molecule has 2 atom stereocenters. The Morgan fingerprint density at radius 1 is 1.14 bits per heavy atom. The van der Waals surface area contributed by atoms with Crippen molar-refractivity contribution in [1.82, 2.24) is 0 Å². The van der Waals surface area contributed by atoms with Crippen molar-refractivity contribution in [3.05, 3.63) is 24.3 Å². The Balaban J connectivity index is 2.08. The Labute approximate surface area is 86.5 Å². The molecule has 14 heavy (non-hydrogen) atoms. The topological polar surface area (TPSA) is 20.2 Å². The Morgan fingerprint density at radius 3 is 2.50 bits per heavy atom. The molecule has 2 unspecified atom stereocenters. The van der Waals surface area contributed by atoms with Crippen LogP contribution in [0.15, 0.2) is 24.3 Å². The maximum Gasteiger partial charge on any atom is 0.0867 e. The van der Waals surface area contributed by atoms with Gasteiger partial charge in [0.15, 0.2) is 0 Å². The van der Waals surface area contributed by atoms with E-state index in [1.165, 1.54) is 32.1 Å². The Morgan fingerprint density at radius 2 is 1.86 bits per heavy atom. The predicted molar refractivity (Wildman–Crippen MR) is 59.0 cm³/mol. The lowest BCUT2D eigenvalue weighted by Gasteiger charge is -2.38. The third-order valence-corrected chi connectivity index (χ3v) is 3.70. The van der Waals surface area contributed by atoms with Gasteiger partial charge in [0.05, 0.1) is 5.60 Å². The van der Waals surface area contributed by atoms with Gasteiger partial charge < -0.3 is 5.11 Å². The van der Waals surface area contributed by atoms with Crippen molar-refractivity contribution in [2.45, 2.75) is 44.6 Å². The highest BCUT2D eigenvalue weighted by molar-refractivity contribution is 5.21. The summed E-state index contributed by atoms with van der Waals surface area (Å²) in [4.78, 5) is 0. The van der Waals surface area contributed by atoms with Gasteiger partial charge >= 0.3 is 0 Å². The fraction of sp³-hybridized carbons (Fsp3) is 0.692. The van der Waals surface area contributed by atoms with Gasteiger partial charge in [-0.1, -0.05) is 43.6 Å². The molecule has 1 fully saturated rings. The molecule has 2 aliphatic rings. The first-order valence-corrected chi connectivity index (χ1v) is 5.78. The quantitative estimate of drug-likeness (QED) is 0.677. The van der Waals surface area contributed by atoms with Gasteiger partial charge in [0, 0.05) is 5.92 Å². The number of allylic oxidation sites excluding steroid dienone is 2. The lowest BCUT2D eigenvalue weighted by Crippen LogP contribution is -2.38. The van der Waals surface area contributed by atoms with E-state index in [1.54, 1.807) is 0 Å². The molecule has 0 amide bonds. The highest BCUT2D eigenvalue weighted by atomic mass is 16.3. The molecule has 1 nitrogen and oxygen atoms in total. The van der Waals surface area contributed by atoms with Gasteiger partial charge in [-0.2, -0.15) is 0 Å². The van der Waals surface area contributed by atoms with E-state index < -0.39 is 5.60 Å². The maximum atomic E-state index is 10.2. The van der Waals surface area contributed by atoms with Crippen LogP contribution in [0.3, 0.4) is 0 Å². The minimum Gasteiger partial charge on any atom is -0.385 e. The van der Waals surface area contributed by atoms with Crippen molar-refractivity contribution in [2.75, 3.05) is 0 Å². The van der Waals surface area contributed by atoms with Crippen molar-refractivity contribution < 1.29 is 5.11 Å². The summed E-state index contributed by atoms with van der Waals surface area (Å²) >= 11 is 0. The minimum atomic E-state index is -0.614. The third-order valence-electron chi connectivity index (χ3n) is 3.70. The van der Waals surface area contributed by atoms with Crippen LogP contribution in [-0.2, 0) is 0 Å². The molecule has 0 heterocycles. The van der Waals surface area contributed by atoms with E-state index in [-0.39, 0.29) is 0 Å². The standard InChI is InChI=1S/C13H20O/c1-13(14)10-6-5-9-12(13)11-7-3-2-4-8-11/h5-6,9-12,14H,2-4,7-8H2,1H3. The zero-order valence-electron chi connectivity index (χ0n) is 8.95. The number of rotatable bonds is 1. The van der Waals surface area contributed by atoms with Gasteiger partial charge in [0.1, 0.15) is 0 Å². The average Bonchev–Trinajstić information content (AvgIpc) is 2.18. The summed E-state index contributed by atoms with van der Waals surface area (Å²) < 4.78 is 0. The maximum absolute atomic E-state index is 10.2. The largest absolute Gasteiger partial charge is 0.385 e. The molecule has 0 aromatic rings. The predicted octanol–water partition coefficient (Wildman–Crippen LogP) is 3.06. The molecule has 0 bridgehead atoms. The Kier molecular flexibility index (Phi) is 2.78. The molecule has 0 spiro atoms. The first-order chi connectivity index (χ1) is 6.70. The second kappa shape index (κ2) is 3.90. The molecule has 0 aromatic carbocycles. The van der Waals surface area contributed by atoms with Gasteiger partial charge in [-0.05, 0) is 25.7 Å². The number of hydrogen-bond donors (Lipinski definition) is 1. The van der Waals surface area contributed by atoms with E-state index in [4.69, 9.17) is 0 Å². The molecule has 78 valence electrons. The Hall–Kier alpha value is -0.560. The molecule has 0 aliphatic heterocycles. The van der Waals surface area contributed by atoms with Gasteiger partial charge in [-0.15, -0.1) is 0 Å². The first-order valence-electron chi connectivity index (χ1n) is 5.78. The van der Waals surface area contributed by atoms with Crippen LogP contribution in [0.4, 0.5) is 0 Å². The molecule has 1 saturated carbocycles. The number of aliphatic hydroxyl groups is 1. The second-order valence-corrected chi connectivity index (χ2v) is 4.89. The number of hydrogen-bond acceptors (Lipinski definition) is 1. The van der Waals surface area contributed by atoms with Crippen LogP contribution in [0.25, 0.3) is 0 Å². The van der Waals surface area contributed by atoms with Crippen LogP contribution < -0.4 is 0 Å². The van der Waals surface area contributed by atoms with Crippen LogP contribution in [0.1, 0.15) is 39.0 Å². The molecular formula is C13H20O. The summed E-state index contributed by atoms with van der Waals surface area (Å²) in [6.45, 7) is 1.94. The van der Waals surface area contributed by atoms with E-state index >= 15 is 0 Å². The lowest BCUT2D eigenvalue weighted by atomic mass is 9.71. The van der Waals surface area contributed by atoms with Gasteiger partial charge in [0.25, 0.3) is 0 Å². The molecule has 2 aliphatic carbocycles. The zero-order valence-corrected chi connectivity index (χ0v) is 8.95. The average molecular weight is 192 g/mol. The molecule has 0 saturated heterocycles. The minimum absolute atomic E-state index is 0.341. The van der Waals surface area contributed by atoms with E-state index in [9.17, 15) is 5.11 Å². The van der Waals surface area contributed by atoms with Crippen LogP contribution in [-0.4, -0.2) is 10.7 Å². The van der Waals surface area contributed by atoms with E-state index in [2.05, 4.69) is 12.2 Å². The van der Waals surface area contributed by atoms with Gasteiger partial charge in [-0.3, -0.25) is 0 Å². The van der Waals surface area contributed by atoms with Crippen molar-refractivity contribution >= 4 is 0 Å². The Bertz CT molecular complexity index is 244. The van der Waals surface area contributed by atoms with E-state index in [0.717, 1.165) is 0 Å². The van der Waals surface area contributed by atoms with Crippen LogP contribution >= 0.6 is 0 Å². The molecule has 1 N–H and O–H groups in total.